The number of carbonyl (C=O) groups excluding carboxylic acids is 1. The standard InChI is InChI=1S/C35H33N3O3/c39-34(37-19-7-12-32(37)35(40)41)26-15-18-31-27(21-26)22-33(38(31)28-10-5-2-6-11-28)25-14-17-30-24(20-25)13-16-29(36-30)23-8-3-1-4-9-23/h1,3-4,8-9,13-18,20-22,28,32H,2,5-7,10-12,19H2,(H,40,41). The lowest BCUT2D eigenvalue weighted by Crippen LogP contribution is -2.40. The predicted molar refractivity (Wildman–Crippen MR) is 162 cm³/mol. The van der Waals surface area contributed by atoms with Gasteiger partial charge in [0.05, 0.1) is 11.2 Å². The molecule has 2 aromatic heterocycles. The molecule has 0 bridgehead atoms. The smallest absolute Gasteiger partial charge is 0.326 e. The number of benzene rings is 3. The number of carboxylic acid groups (broad SMARTS) is 1. The molecule has 206 valence electrons. The van der Waals surface area contributed by atoms with Crippen molar-refractivity contribution in [3.05, 3.63) is 90.5 Å². The molecular formula is C35H33N3O3. The SMILES string of the molecule is O=C(O)C1CCCN1C(=O)c1ccc2c(c1)cc(-c1ccc3nc(-c4ccccc4)ccc3c1)n2C1CCCCC1. The number of pyridine rings is 1. The molecule has 0 radical (unpaired) electrons. The summed E-state index contributed by atoms with van der Waals surface area (Å²) in [6, 6.07) is 28.7. The molecule has 1 saturated carbocycles. The van der Waals surface area contributed by atoms with Crippen LogP contribution in [0.25, 0.3) is 44.3 Å². The van der Waals surface area contributed by atoms with Crippen LogP contribution >= 0.6 is 0 Å². The lowest BCUT2D eigenvalue weighted by Gasteiger charge is -2.27. The van der Waals surface area contributed by atoms with Crippen LogP contribution in [0.1, 0.15) is 61.3 Å². The van der Waals surface area contributed by atoms with Crippen LogP contribution in [0.5, 0.6) is 0 Å². The zero-order valence-electron chi connectivity index (χ0n) is 23.0. The Bertz CT molecular complexity index is 1770. The summed E-state index contributed by atoms with van der Waals surface area (Å²) in [5.41, 5.74) is 6.97. The van der Waals surface area contributed by atoms with Crippen molar-refractivity contribution in [1.29, 1.82) is 0 Å². The van der Waals surface area contributed by atoms with E-state index in [1.54, 1.807) is 0 Å². The Morgan fingerprint density at radius 2 is 1.59 bits per heavy atom. The first-order chi connectivity index (χ1) is 20.1. The van der Waals surface area contributed by atoms with E-state index in [2.05, 4.69) is 59.2 Å². The number of carboxylic acids is 1. The third kappa shape index (κ3) is 4.67. The molecule has 1 unspecified atom stereocenters. The molecule has 41 heavy (non-hydrogen) atoms. The Labute approximate surface area is 239 Å². The average molecular weight is 544 g/mol. The van der Waals surface area contributed by atoms with Gasteiger partial charge in [-0.25, -0.2) is 9.78 Å². The molecular weight excluding hydrogens is 510 g/mol. The monoisotopic (exact) mass is 543 g/mol. The number of likely N-dealkylation sites (tertiary alicyclic amines) is 1. The van der Waals surface area contributed by atoms with Gasteiger partial charge in [0.1, 0.15) is 6.04 Å². The zero-order valence-corrected chi connectivity index (χ0v) is 23.0. The van der Waals surface area contributed by atoms with Gasteiger partial charge in [0, 0.05) is 45.7 Å². The lowest BCUT2D eigenvalue weighted by atomic mass is 9.94. The minimum absolute atomic E-state index is 0.199. The highest BCUT2D eigenvalue weighted by atomic mass is 16.4. The molecule has 5 aromatic rings. The van der Waals surface area contributed by atoms with E-state index >= 15 is 0 Å². The summed E-state index contributed by atoms with van der Waals surface area (Å²) in [6.45, 7) is 0.485. The number of hydrogen-bond acceptors (Lipinski definition) is 3. The molecule has 1 saturated heterocycles. The number of rotatable bonds is 5. The fourth-order valence-electron chi connectivity index (χ4n) is 6.81. The van der Waals surface area contributed by atoms with Crippen LogP contribution in [0.15, 0.2) is 84.9 Å². The number of fused-ring (bicyclic) bond motifs is 2. The van der Waals surface area contributed by atoms with Gasteiger partial charge >= 0.3 is 5.97 Å². The summed E-state index contributed by atoms with van der Waals surface area (Å²) in [5.74, 6) is -1.13. The molecule has 2 aliphatic rings. The first-order valence-corrected chi connectivity index (χ1v) is 14.7. The van der Waals surface area contributed by atoms with Crippen LogP contribution in [0.3, 0.4) is 0 Å². The maximum atomic E-state index is 13.4. The minimum Gasteiger partial charge on any atom is -0.480 e. The first kappa shape index (κ1) is 25.5. The van der Waals surface area contributed by atoms with Gasteiger partial charge in [-0.1, -0.05) is 61.7 Å². The maximum Gasteiger partial charge on any atom is 0.326 e. The maximum absolute atomic E-state index is 13.4. The van der Waals surface area contributed by atoms with Crippen LogP contribution in [-0.4, -0.2) is 44.0 Å². The van der Waals surface area contributed by atoms with Crippen LogP contribution in [0, 0.1) is 0 Å². The molecule has 1 aliphatic heterocycles. The van der Waals surface area contributed by atoms with Gasteiger partial charge in [0.25, 0.3) is 5.91 Å². The highest BCUT2D eigenvalue weighted by Gasteiger charge is 2.34. The molecule has 2 fully saturated rings. The van der Waals surface area contributed by atoms with E-state index in [-0.39, 0.29) is 5.91 Å². The number of hydrogen-bond donors (Lipinski definition) is 1. The summed E-state index contributed by atoms with van der Waals surface area (Å²) in [5, 5.41) is 11.7. The van der Waals surface area contributed by atoms with Crippen LogP contribution in [0.2, 0.25) is 0 Å². The summed E-state index contributed by atoms with van der Waals surface area (Å²) >= 11 is 0. The second-order valence-corrected chi connectivity index (χ2v) is 11.4. The molecule has 3 heterocycles. The van der Waals surface area contributed by atoms with E-state index in [9.17, 15) is 14.7 Å². The summed E-state index contributed by atoms with van der Waals surface area (Å²) < 4.78 is 2.48. The van der Waals surface area contributed by atoms with Crippen molar-refractivity contribution in [2.24, 2.45) is 0 Å². The molecule has 1 atom stereocenters. The van der Waals surface area contributed by atoms with Crippen LogP contribution < -0.4 is 0 Å². The molecule has 3 aromatic carbocycles. The fourth-order valence-corrected chi connectivity index (χ4v) is 6.81. The minimum atomic E-state index is -0.927. The molecule has 1 aliphatic carbocycles. The molecule has 6 nitrogen and oxygen atoms in total. The van der Waals surface area contributed by atoms with Crippen LogP contribution in [0.4, 0.5) is 0 Å². The van der Waals surface area contributed by atoms with Crippen molar-refractivity contribution >= 4 is 33.7 Å². The van der Waals surface area contributed by atoms with Gasteiger partial charge in [-0.2, -0.15) is 0 Å². The molecule has 6 heteroatoms. The van der Waals surface area contributed by atoms with Crippen molar-refractivity contribution in [3.8, 4) is 22.5 Å². The van der Waals surface area contributed by atoms with E-state index in [0.717, 1.165) is 63.6 Å². The fraction of sp³-hybridized carbons (Fsp3) is 0.286. The van der Waals surface area contributed by atoms with Crippen molar-refractivity contribution in [2.75, 3.05) is 6.54 Å². The zero-order chi connectivity index (χ0) is 27.9. The van der Waals surface area contributed by atoms with Crippen molar-refractivity contribution < 1.29 is 14.7 Å². The van der Waals surface area contributed by atoms with Gasteiger partial charge in [-0.3, -0.25) is 4.79 Å². The number of amides is 1. The lowest BCUT2D eigenvalue weighted by molar-refractivity contribution is -0.141. The van der Waals surface area contributed by atoms with Crippen molar-refractivity contribution in [2.45, 2.75) is 57.0 Å². The second-order valence-electron chi connectivity index (χ2n) is 11.4. The summed E-state index contributed by atoms with van der Waals surface area (Å²) in [6.07, 6.45) is 7.22. The molecule has 0 spiro atoms. The third-order valence-corrected chi connectivity index (χ3v) is 8.88. The topological polar surface area (TPSA) is 75.4 Å². The number of aliphatic carboxylic acids is 1. The third-order valence-electron chi connectivity index (χ3n) is 8.88. The van der Waals surface area contributed by atoms with E-state index < -0.39 is 12.0 Å². The van der Waals surface area contributed by atoms with Gasteiger partial charge in [-0.15, -0.1) is 0 Å². The Morgan fingerprint density at radius 1 is 0.756 bits per heavy atom. The highest BCUT2D eigenvalue weighted by molar-refractivity contribution is 6.01. The Kier molecular flexibility index (Phi) is 6.54. The van der Waals surface area contributed by atoms with Gasteiger partial charge in [0.2, 0.25) is 0 Å². The Hall–Kier alpha value is -4.45. The van der Waals surface area contributed by atoms with E-state index in [4.69, 9.17) is 4.98 Å². The number of carbonyl (C=O) groups is 2. The molecule has 1 N–H and O–H groups in total. The van der Waals surface area contributed by atoms with E-state index in [1.165, 1.54) is 24.2 Å². The summed E-state index contributed by atoms with van der Waals surface area (Å²) in [4.78, 5) is 31.6. The van der Waals surface area contributed by atoms with Crippen molar-refractivity contribution in [1.82, 2.24) is 14.5 Å². The first-order valence-electron chi connectivity index (χ1n) is 14.7. The molecule has 7 rings (SSSR count). The Morgan fingerprint density at radius 3 is 2.39 bits per heavy atom. The Balaban J connectivity index is 1.30. The van der Waals surface area contributed by atoms with E-state index in [0.29, 0.717) is 24.6 Å². The average Bonchev–Trinajstić information content (AvgIpc) is 3.66. The van der Waals surface area contributed by atoms with Gasteiger partial charge < -0.3 is 14.6 Å². The van der Waals surface area contributed by atoms with Gasteiger partial charge in [-0.05, 0) is 73.7 Å². The predicted octanol–water partition coefficient (Wildman–Crippen LogP) is 7.72. The number of aromatic nitrogens is 2. The number of nitrogens with zero attached hydrogens (tertiary/aromatic N) is 3. The summed E-state index contributed by atoms with van der Waals surface area (Å²) in [7, 11) is 0. The quantitative estimate of drug-likeness (QED) is 0.246. The largest absolute Gasteiger partial charge is 0.480 e. The molecule has 1 amide bonds. The normalized spacial score (nSPS) is 17.9. The van der Waals surface area contributed by atoms with E-state index in [1.807, 2.05) is 30.3 Å². The second kappa shape index (κ2) is 10.5. The van der Waals surface area contributed by atoms with Gasteiger partial charge in [0.15, 0.2) is 0 Å². The van der Waals surface area contributed by atoms with Crippen molar-refractivity contribution in [3.63, 3.8) is 0 Å². The highest BCUT2D eigenvalue weighted by Crippen LogP contribution is 2.39. The van der Waals surface area contributed by atoms with Crippen LogP contribution in [-0.2, 0) is 4.79 Å².